The number of halogens is 4. The second kappa shape index (κ2) is 31.6. The molecule has 5 fully saturated rings. The van der Waals surface area contributed by atoms with Gasteiger partial charge >= 0.3 is 6.18 Å². The first kappa shape index (κ1) is 72.0. The Hall–Kier alpha value is -5.75. The molecule has 0 bridgehead atoms. The minimum Gasteiger partial charge on any atom is -0.351 e. The van der Waals surface area contributed by atoms with Gasteiger partial charge in [0, 0.05) is 66.7 Å². The smallest absolute Gasteiger partial charge is 0.351 e. The highest BCUT2D eigenvalue weighted by atomic mass is 35.5. The van der Waals surface area contributed by atoms with Crippen molar-refractivity contribution in [3.63, 3.8) is 0 Å². The van der Waals surface area contributed by atoms with Gasteiger partial charge in [-0.05, 0) is 102 Å². The first-order chi connectivity index (χ1) is 40.7. The van der Waals surface area contributed by atoms with Crippen LogP contribution < -0.4 is 21.3 Å². The number of fused-ring (bicyclic) bond motifs is 1. The van der Waals surface area contributed by atoms with E-state index >= 15 is 0 Å². The second-order valence-electron chi connectivity index (χ2n) is 26.2. The van der Waals surface area contributed by atoms with Crippen molar-refractivity contribution in [2.75, 3.05) is 68.5 Å². The molecular weight excluding hydrogens is 1160 g/mol. The maximum Gasteiger partial charge on any atom is 0.393 e. The molecule has 492 valence electrons. The molecule has 5 rings (SSSR count). The third-order valence-electron chi connectivity index (χ3n) is 19.2. The van der Waals surface area contributed by atoms with Gasteiger partial charge in [-0.2, -0.15) is 13.2 Å². The minimum absolute atomic E-state index is 0.0150. The standard InChI is InChI=1S/C61H99ClF3N11O11/c1-13-37(4)51-58(86)72(9)34-49(79)70(7)35-50(80)74(11)46(32-40-20-15-14-16-21-40)57(85)71(8)33-47(77)67-44(26-24-41-23-25-42(43(62)31-41)61(63,64)65)56(84)76-29-19-22-45(76)54(82)69-60(27-17-18-28-60)59(87)75(12)52(36(2)3)55(83)66-38(5)30-48(78)73(10)39(6)53(81)68-51/h36-46,51-52H,13-35H2,1-12H3,(H,66,83)(H,67,77)(H,68,81)(H,69,82)/t37-,38+,39-,41?,42?,43?,44-,45-,46-,51-,52-/m0/s1. The molecule has 2 saturated heterocycles. The van der Waals surface area contributed by atoms with Gasteiger partial charge in [0.15, 0.2) is 0 Å². The third-order valence-corrected chi connectivity index (χ3v) is 19.7. The van der Waals surface area contributed by atoms with Crippen molar-refractivity contribution in [1.29, 1.82) is 0 Å². The Bertz CT molecular complexity index is 2480. The van der Waals surface area contributed by atoms with Crippen LogP contribution in [-0.2, 0) is 52.7 Å². The van der Waals surface area contributed by atoms with Gasteiger partial charge in [0.2, 0.25) is 65.0 Å². The Balaban J connectivity index is 1.50. The summed E-state index contributed by atoms with van der Waals surface area (Å²) in [5.41, 5.74) is -1.47. The zero-order valence-corrected chi connectivity index (χ0v) is 54.2. The van der Waals surface area contributed by atoms with Crippen LogP contribution in [0, 0.1) is 29.6 Å². The summed E-state index contributed by atoms with van der Waals surface area (Å²) in [6, 6.07) is -7.59. The zero-order valence-electron chi connectivity index (χ0n) is 53.4. The van der Waals surface area contributed by atoms with Gasteiger partial charge in [-0.3, -0.25) is 52.7 Å². The molecule has 3 aliphatic carbocycles. The van der Waals surface area contributed by atoms with Crippen molar-refractivity contribution < 1.29 is 65.9 Å². The lowest BCUT2D eigenvalue weighted by atomic mass is 9.78. The summed E-state index contributed by atoms with van der Waals surface area (Å²) < 4.78 is 41.6. The van der Waals surface area contributed by atoms with Crippen molar-refractivity contribution in [3.8, 4) is 0 Å². The van der Waals surface area contributed by atoms with Crippen molar-refractivity contribution in [3.05, 3.63) is 0 Å². The second-order valence-corrected chi connectivity index (χ2v) is 26.7. The molecular formula is C61H99ClF3N11O11. The lowest BCUT2D eigenvalue weighted by Crippen LogP contribution is -2.64. The Kier molecular flexibility index (Phi) is 26.2. The van der Waals surface area contributed by atoms with Gasteiger partial charge in [0.25, 0.3) is 0 Å². The Morgan fingerprint density at radius 2 is 1.24 bits per heavy atom. The van der Waals surface area contributed by atoms with Crippen LogP contribution in [0.15, 0.2) is 0 Å². The maximum atomic E-state index is 15.0. The number of carbonyl (C=O) groups is 11. The average molecular weight is 1250 g/mol. The van der Waals surface area contributed by atoms with E-state index in [1.807, 2.05) is 6.92 Å². The molecule has 2 aliphatic heterocycles. The van der Waals surface area contributed by atoms with Crippen LogP contribution in [0.25, 0.3) is 0 Å². The highest BCUT2D eigenvalue weighted by Gasteiger charge is 2.50. The molecule has 22 nitrogen and oxygen atoms in total. The molecule has 2 heterocycles. The normalized spacial score (nSPS) is 30.4. The fourth-order valence-corrected chi connectivity index (χ4v) is 13.9. The summed E-state index contributed by atoms with van der Waals surface area (Å²) in [5, 5.41) is 10.3. The summed E-state index contributed by atoms with van der Waals surface area (Å²) in [6.45, 7) is 8.74. The van der Waals surface area contributed by atoms with E-state index in [1.54, 1.807) is 27.7 Å². The van der Waals surface area contributed by atoms with Crippen LogP contribution in [-0.4, -0.2) is 227 Å². The van der Waals surface area contributed by atoms with Crippen LogP contribution in [0.2, 0.25) is 0 Å². The van der Waals surface area contributed by atoms with E-state index in [0.717, 1.165) is 46.8 Å². The van der Waals surface area contributed by atoms with Gasteiger partial charge in [0.05, 0.1) is 25.6 Å². The fraction of sp³-hybridized carbons (Fsp3) is 0.820. The lowest BCUT2D eigenvalue weighted by molar-refractivity contribution is -0.182. The Morgan fingerprint density at radius 3 is 1.84 bits per heavy atom. The fourth-order valence-electron chi connectivity index (χ4n) is 13.4. The van der Waals surface area contributed by atoms with Crippen LogP contribution in [0.3, 0.4) is 0 Å². The minimum atomic E-state index is -4.49. The third kappa shape index (κ3) is 18.7. The molecule has 0 aromatic heterocycles. The van der Waals surface area contributed by atoms with Crippen molar-refractivity contribution >= 4 is 76.6 Å². The van der Waals surface area contributed by atoms with Crippen molar-refractivity contribution in [1.82, 2.24) is 55.6 Å². The largest absolute Gasteiger partial charge is 0.393 e. The molecule has 0 aromatic rings. The van der Waals surface area contributed by atoms with E-state index in [1.165, 1.54) is 68.8 Å². The summed E-state index contributed by atoms with van der Waals surface area (Å²) >= 11 is 6.35. The number of likely N-dealkylation sites (N-methyl/N-ethyl adjacent to an activating group) is 6. The number of nitrogens with zero attached hydrogens (tertiary/aromatic N) is 7. The van der Waals surface area contributed by atoms with E-state index in [2.05, 4.69) is 21.3 Å². The van der Waals surface area contributed by atoms with E-state index in [9.17, 15) is 65.9 Å². The summed E-state index contributed by atoms with van der Waals surface area (Å²) in [4.78, 5) is 166. The van der Waals surface area contributed by atoms with Crippen LogP contribution in [0.4, 0.5) is 13.2 Å². The molecule has 26 heteroatoms. The van der Waals surface area contributed by atoms with E-state index in [-0.39, 0.29) is 82.6 Å². The number of carbonyl (C=O) groups excluding carboxylic acids is 11. The molecule has 4 N–H and O–H groups in total. The van der Waals surface area contributed by atoms with Crippen molar-refractivity contribution in [2.45, 2.75) is 223 Å². The number of hydrogen-bond acceptors (Lipinski definition) is 11. The monoisotopic (exact) mass is 1250 g/mol. The van der Waals surface area contributed by atoms with E-state index in [4.69, 9.17) is 11.6 Å². The van der Waals surface area contributed by atoms with Gasteiger partial charge in [0.1, 0.15) is 41.8 Å². The predicted molar refractivity (Wildman–Crippen MR) is 320 cm³/mol. The van der Waals surface area contributed by atoms with Gasteiger partial charge in [-0.25, -0.2) is 0 Å². The Labute approximate surface area is 517 Å². The highest BCUT2D eigenvalue weighted by molar-refractivity contribution is 6.20. The van der Waals surface area contributed by atoms with Crippen LogP contribution in [0.5, 0.6) is 0 Å². The van der Waals surface area contributed by atoms with E-state index in [0.29, 0.717) is 25.7 Å². The molecule has 3 saturated carbocycles. The molecule has 3 unspecified atom stereocenters. The van der Waals surface area contributed by atoms with Crippen LogP contribution in [0.1, 0.15) is 164 Å². The number of nitrogens with one attached hydrogen (secondary N) is 4. The lowest BCUT2D eigenvalue weighted by Gasteiger charge is -2.39. The number of rotatable bonds is 8. The van der Waals surface area contributed by atoms with Crippen molar-refractivity contribution in [2.24, 2.45) is 29.6 Å². The molecule has 11 atom stereocenters. The van der Waals surface area contributed by atoms with Gasteiger partial charge in [-0.15, -0.1) is 11.6 Å². The highest BCUT2D eigenvalue weighted by Crippen LogP contribution is 2.44. The molecule has 87 heavy (non-hydrogen) atoms. The first-order valence-electron chi connectivity index (χ1n) is 31.5. The molecule has 5 aliphatic rings. The van der Waals surface area contributed by atoms with Gasteiger partial charge in [-0.1, -0.05) is 79.1 Å². The molecule has 1 spiro atoms. The van der Waals surface area contributed by atoms with Crippen LogP contribution >= 0.6 is 11.6 Å². The summed E-state index contributed by atoms with van der Waals surface area (Å²) in [5.74, 6) is -9.57. The number of hydrogen-bond donors (Lipinski definition) is 4. The number of amides is 11. The summed E-state index contributed by atoms with van der Waals surface area (Å²) in [6.07, 6.45) is 2.68. The molecule has 0 aromatic carbocycles. The Morgan fingerprint density at radius 1 is 0.621 bits per heavy atom. The summed E-state index contributed by atoms with van der Waals surface area (Å²) in [7, 11) is 8.52. The molecule has 0 radical (unpaired) electrons. The topological polar surface area (TPSA) is 259 Å². The van der Waals surface area contributed by atoms with E-state index < -0.39 is 162 Å². The quantitative estimate of drug-likeness (QED) is 0.251. The average Bonchev–Trinajstić information content (AvgIpc) is 2.03. The maximum absolute atomic E-state index is 15.0. The SMILES string of the molecule is CC[C@H](C)[C@@H]1NC(=O)[C@H](C)N(C)C(=O)C[C@@H](C)NC(=O)[C@H](C(C)C)N(C)C(=O)C2(CCCC2)NC(=O)[C@@H]2CCCN2C(=O)[C@H](CCC2CCC(C(F)(F)F)C(Cl)C2)NC(=O)CN(C)C(=O)[C@H](CC2CCCCC2)N(C)C(=O)CN(C)C(=O)CN(C)C1=O. The molecule has 11 amide bonds. The van der Waals surface area contributed by atoms with Gasteiger partial charge < -0.3 is 55.6 Å². The first-order valence-corrected chi connectivity index (χ1v) is 31.9. The zero-order chi connectivity index (χ0) is 65.0. The predicted octanol–water partition coefficient (Wildman–Crippen LogP) is 4.20. The number of alkyl halides is 4.